The predicted molar refractivity (Wildman–Crippen MR) is 89.1 cm³/mol. The number of rotatable bonds is 5. The van der Waals surface area contributed by atoms with E-state index in [1.54, 1.807) is 36.4 Å². The van der Waals surface area contributed by atoms with Crippen LogP contribution in [0.25, 0.3) is 0 Å². The SMILES string of the molecule is Cc1ccc(N(C(C)C(=O)O)S(=O)(=O)c2ccccc2)cc1C. The minimum Gasteiger partial charge on any atom is -0.480 e. The zero-order chi connectivity index (χ0) is 17.2. The standard InChI is InChI=1S/C17H19NO4S/c1-12-9-10-15(11-13(12)2)18(14(3)17(19)20)23(21,22)16-7-5-4-6-8-16/h4-11,14H,1-3H3,(H,19,20). The summed E-state index contributed by atoms with van der Waals surface area (Å²) < 4.78 is 26.8. The van der Waals surface area contributed by atoms with E-state index in [4.69, 9.17) is 0 Å². The van der Waals surface area contributed by atoms with Crippen LogP contribution in [0.5, 0.6) is 0 Å². The smallest absolute Gasteiger partial charge is 0.327 e. The van der Waals surface area contributed by atoms with Crippen LogP contribution in [-0.2, 0) is 14.8 Å². The van der Waals surface area contributed by atoms with Crippen molar-refractivity contribution in [1.82, 2.24) is 0 Å². The summed E-state index contributed by atoms with van der Waals surface area (Å²) in [5, 5.41) is 9.34. The first-order valence-corrected chi connectivity index (χ1v) is 8.58. The van der Waals surface area contributed by atoms with Gasteiger partial charge in [-0.2, -0.15) is 0 Å². The molecule has 2 aromatic carbocycles. The van der Waals surface area contributed by atoms with Gasteiger partial charge in [0.05, 0.1) is 10.6 Å². The van der Waals surface area contributed by atoms with E-state index in [-0.39, 0.29) is 4.90 Å². The molecule has 0 aliphatic heterocycles. The van der Waals surface area contributed by atoms with Gasteiger partial charge in [-0.25, -0.2) is 13.2 Å². The number of hydrogen-bond acceptors (Lipinski definition) is 3. The van der Waals surface area contributed by atoms with Crippen LogP contribution in [0.4, 0.5) is 5.69 Å². The highest BCUT2D eigenvalue weighted by Crippen LogP contribution is 2.28. The van der Waals surface area contributed by atoms with E-state index in [9.17, 15) is 18.3 Å². The second kappa shape index (κ2) is 6.42. The van der Waals surface area contributed by atoms with Crippen LogP contribution in [0.3, 0.4) is 0 Å². The highest BCUT2D eigenvalue weighted by Gasteiger charge is 2.33. The fraction of sp³-hybridized carbons (Fsp3) is 0.235. The molecule has 0 fully saturated rings. The fourth-order valence-corrected chi connectivity index (χ4v) is 3.87. The lowest BCUT2D eigenvalue weighted by molar-refractivity contribution is -0.137. The highest BCUT2D eigenvalue weighted by atomic mass is 32.2. The summed E-state index contributed by atoms with van der Waals surface area (Å²) in [7, 11) is -3.98. The van der Waals surface area contributed by atoms with Gasteiger partial charge in [-0.15, -0.1) is 0 Å². The van der Waals surface area contributed by atoms with Crippen LogP contribution >= 0.6 is 0 Å². The molecule has 0 aliphatic carbocycles. The van der Waals surface area contributed by atoms with Crippen molar-refractivity contribution in [2.24, 2.45) is 0 Å². The largest absolute Gasteiger partial charge is 0.480 e. The third-order valence-electron chi connectivity index (χ3n) is 3.75. The summed E-state index contributed by atoms with van der Waals surface area (Å²) in [4.78, 5) is 11.5. The van der Waals surface area contributed by atoms with Crippen molar-refractivity contribution >= 4 is 21.7 Å². The van der Waals surface area contributed by atoms with Crippen molar-refractivity contribution in [1.29, 1.82) is 0 Å². The average Bonchev–Trinajstić information content (AvgIpc) is 2.51. The molecule has 0 aromatic heterocycles. The summed E-state index contributed by atoms with van der Waals surface area (Å²) in [5.41, 5.74) is 2.24. The predicted octanol–water partition coefficient (Wildman–Crippen LogP) is 2.97. The maximum atomic E-state index is 12.9. The van der Waals surface area contributed by atoms with Crippen molar-refractivity contribution < 1.29 is 18.3 Å². The Morgan fingerprint density at radius 1 is 1.04 bits per heavy atom. The van der Waals surface area contributed by atoms with E-state index in [1.165, 1.54) is 19.1 Å². The maximum absolute atomic E-state index is 12.9. The third kappa shape index (κ3) is 3.37. The van der Waals surface area contributed by atoms with E-state index in [1.807, 2.05) is 13.8 Å². The number of carboxylic acid groups (broad SMARTS) is 1. The van der Waals surface area contributed by atoms with Gasteiger partial charge in [-0.1, -0.05) is 24.3 Å². The lowest BCUT2D eigenvalue weighted by Crippen LogP contribution is -2.43. The molecule has 0 bridgehead atoms. The molecule has 0 amide bonds. The van der Waals surface area contributed by atoms with Crippen LogP contribution in [0.2, 0.25) is 0 Å². The van der Waals surface area contributed by atoms with Crippen molar-refractivity contribution in [2.75, 3.05) is 4.31 Å². The molecule has 5 nitrogen and oxygen atoms in total. The van der Waals surface area contributed by atoms with Crippen molar-refractivity contribution in [3.8, 4) is 0 Å². The number of anilines is 1. The first-order valence-electron chi connectivity index (χ1n) is 7.14. The minimum absolute atomic E-state index is 0.0614. The molecule has 1 unspecified atom stereocenters. The van der Waals surface area contributed by atoms with Gasteiger partial charge in [0.15, 0.2) is 0 Å². The molecule has 0 saturated carbocycles. The molecule has 23 heavy (non-hydrogen) atoms. The van der Waals surface area contributed by atoms with Gasteiger partial charge in [-0.3, -0.25) is 4.31 Å². The van der Waals surface area contributed by atoms with Gasteiger partial charge >= 0.3 is 5.97 Å². The molecule has 122 valence electrons. The fourth-order valence-electron chi connectivity index (χ4n) is 2.24. The number of hydrogen-bond donors (Lipinski definition) is 1. The summed E-state index contributed by atoms with van der Waals surface area (Å²) in [6.07, 6.45) is 0. The van der Waals surface area contributed by atoms with Gasteiger partial charge in [-0.05, 0) is 56.2 Å². The summed E-state index contributed by atoms with van der Waals surface area (Å²) in [5.74, 6) is -1.21. The number of aryl methyl sites for hydroxylation is 2. The first kappa shape index (κ1) is 17.0. The van der Waals surface area contributed by atoms with Crippen molar-refractivity contribution in [3.63, 3.8) is 0 Å². The first-order chi connectivity index (χ1) is 10.7. The minimum atomic E-state index is -3.98. The number of sulfonamides is 1. The molecule has 1 atom stereocenters. The summed E-state index contributed by atoms with van der Waals surface area (Å²) in [6.45, 7) is 5.13. The second-order valence-corrected chi connectivity index (χ2v) is 7.21. The van der Waals surface area contributed by atoms with Crippen LogP contribution < -0.4 is 4.31 Å². The zero-order valence-corrected chi connectivity index (χ0v) is 14.0. The summed E-state index contributed by atoms with van der Waals surface area (Å²) >= 11 is 0. The number of benzene rings is 2. The molecule has 1 N–H and O–H groups in total. The Morgan fingerprint density at radius 2 is 1.65 bits per heavy atom. The molecule has 6 heteroatoms. The Bertz CT molecular complexity index is 816. The molecule has 0 saturated heterocycles. The van der Waals surface area contributed by atoms with Gasteiger partial charge < -0.3 is 5.11 Å². The second-order valence-electron chi connectivity index (χ2n) is 5.40. The Labute approximate surface area is 136 Å². The lowest BCUT2D eigenvalue weighted by atomic mass is 10.1. The van der Waals surface area contributed by atoms with Crippen molar-refractivity contribution in [3.05, 3.63) is 59.7 Å². The molecule has 0 heterocycles. The van der Waals surface area contributed by atoms with E-state index in [0.29, 0.717) is 5.69 Å². The highest BCUT2D eigenvalue weighted by molar-refractivity contribution is 7.92. The monoisotopic (exact) mass is 333 g/mol. The van der Waals surface area contributed by atoms with Crippen molar-refractivity contribution in [2.45, 2.75) is 31.7 Å². The van der Waals surface area contributed by atoms with Gasteiger partial charge in [0.2, 0.25) is 0 Å². The molecule has 2 rings (SSSR count). The Kier molecular flexibility index (Phi) is 4.75. The Morgan fingerprint density at radius 3 is 2.17 bits per heavy atom. The average molecular weight is 333 g/mol. The van der Waals surface area contributed by atoms with Gasteiger partial charge in [0.25, 0.3) is 10.0 Å². The number of nitrogens with zero attached hydrogens (tertiary/aromatic N) is 1. The topological polar surface area (TPSA) is 74.7 Å². The number of aliphatic carboxylic acids is 1. The van der Waals surface area contributed by atoms with E-state index < -0.39 is 22.0 Å². The van der Waals surface area contributed by atoms with E-state index in [0.717, 1.165) is 15.4 Å². The number of carboxylic acids is 1. The Balaban J connectivity index is 2.63. The Hall–Kier alpha value is -2.34. The zero-order valence-electron chi connectivity index (χ0n) is 13.2. The van der Waals surface area contributed by atoms with E-state index in [2.05, 4.69) is 0 Å². The molecule has 0 spiro atoms. The van der Waals surface area contributed by atoms with Crippen LogP contribution in [0, 0.1) is 13.8 Å². The maximum Gasteiger partial charge on any atom is 0.327 e. The normalized spacial score (nSPS) is 12.7. The van der Waals surface area contributed by atoms with Gasteiger partial charge in [0, 0.05) is 0 Å². The van der Waals surface area contributed by atoms with E-state index >= 15 is 0 Å². The molecular formula is C17H19NO4S. The molecule has 0 radical (unpaired) electrons. The molecule has 0 aliphatic rings. The van der Waals surface area contributed by atoms with Gasteiger partial charge in [0.1, 0.15) is 6.04 Å². The van der Waals surface area contributed by atoms with Crippen LogP contribution in [-0.4, -0.2) is 25.5 Å². The van der Waals surface area contributed by atoms with Crippen LogP contribution in [0.15, 0.2) is 53.4 Å². The lowest BCUT2D eigenvalue weighted by Gasteiger charge is -2.28. The molecular weight excluding hydrogens is 314 g/mol. The van der Waals surface area contributed by atoms with Crippen LogP contribution in [0.1, 0.15) is 18.1 Å². The third-order valence-corrected chi connectivity index (χ3v) is 5.67. The number of carbonyl (C=O) groups is 1. The summed E-state index contributed by atoms with van der Waals surface area (Å²) in [6, 6.07) is 11.7. The quantitative estimate of drug-likeness (QED) is 0.913. The molecule has 2 aromatic rings.